The molecule has 0 radical (unpaired) electrons. The maximum Gasteiger partial charge on any atom is 0.309 e. The zero-order valence-electron chi connectivity index (χ0n) is 8.79. The fraction of sp³-hybridized carbons (Fsp3) is 0.909. The summed E-state index contributed by atoms with van der Waals surface area (Å²) in [5.41, 5.74) is 0. The van der Waals surface area contributed by atoms with Crippen molar-refractivity contribution in [2.24, 2.45) is 11.8 Å². The van der Waals surface area contributed by atoms with E-state index in [4.69, 9.17) is 4.74 Å². The molecule has 1 aliphatic heterocycles. The van der Waals surface area contributed by atoms with E-state index in [-0.39, 0.29) is 11.9 Å². The minimum Gasteiger partial charge on any atom is -0.466 e. The van der Waals surface area contributed by atoms with Crippen LogP contribution < -0.4 is 5.32 Å². The summed E-state index contributed by atoms with van der Waals surface area (Å²) in [6.07, 6.45) is 4.65. The van der Waals surface area contributed by atoms with Gasteiger partial charge in [0.25, 0.3) is 0 Å². The lowest BCUT2D eigenvalue weighted by molar-refractivity contribution is -0.151. The monoisotopic (exact) mass is 197 g/mol. The van der Waals surface area contributed by atoms with Crippen LogP contribution in [0.2, 0.25) is 0 Å². The smallest absolute Gasteiger partial charge is 0.309 e. The first-order chi connectivity index (χ1) is 6.83. The molecule has 3 atom stereocenters. The number of fused-ring (bicyclic) bond motifs is 1. The van der Waals surface area contributed by atoms with E-state index < -0.39 is 0 Å². The van der Waals surface area contributed by atoms with Gasteiger partial charge in [-0.25, -0.2) is 0 Å². The van der Waals surface area contributed by atoms with Crippen LogP contribution in [0.25, 0.3) is 0 Å². The van der Waals surface area contributed by atoms with E-state index in [0.29, 0.717) is 18.6 Å². The molecule has 0 amide bonds. The Kier molecular flexibility index (Phi) is 3.06. The van der Waals surface area contributed by atoms with Gasteiger partial charge in [0.15, 0.2) is 0 Å². The maximum absolute atomic E-state index is 11.7. The van der Waals surface area contributed by atoms with Gasteiger partial charge in [-0.1, -0.05) is 6.42 Å². The third-order valence-corrected chi connectivity index (χ3v) is 3.54. The van der Waals surface area contributed by atoms with Crippen molar-refractivity contribution in [1.29, 1.82) is 0 Å². The molecule has 1 saturated heterocycles. The molecule has 0 bridgehead atoms. The van der Waals surface area contributed by atoms with E-state index in [1.807, 2.05) is 6.92 Å². The number of carbonyl (C=O) groups is 1. The lowest BCUT2D eigenvalue weighted by atomic mass is 9.82. The van der Waals surface area contributed by atoms with Crippen LogP contribution in [0.3, 0.4) is 0 Å². The molecule has 0 aromatic heterocycles. The third-order valence-electron chi connectivity index (χ3n) is 3.54. The Labute approximate surface area is 85.2 Å². The van der Waals surface area contributed by atoms with E-state index in [9.17, 15) is 4.79 Å². The Bertz CT molecular complexity index is 217. The van der Waals surface area contributed by atoms with Gasteiger partial charge in [-0.3, -0.25) is 4.79 Å². The molecule has 2 rings (SSSR count). The largest absolute Gasteiger partial charge is 0.466 e. The highest BCUT2D eigenvalue weighted by atomic mass is 16.5. The zero-order chi connectivity index (χ0) is 9.97. The summed E-state index contributed by atoms with van der Waals surface area (Å²) in [6, 6.07) is 0.582. The number of hydrogen-bond acceptors (Lipinski definition) is 3. The molecule has 3 nitrogen and oxygen atoms in total. The van der Waals surface area contributed by atoms with Crippen molar-refractivity contribution < 1.29 is 9.53 Å². The van der Waals surface area contributed by atoms with Crippen LogP contribution in [0, 0.1) is 11.8 Å². The van der Waals surface area contributed by atoms with Crippen molar-refractivity contribution in [3.63, 3.8) is 0 Å². The first kappa shape index (κ1) is 9.97. The number of esters is 1. The zero-order valence-corrected chi connectivity index (χ0v) is 8.79. The van der Waals surface area contributed by atoms with Gasteiger partial charge in [-0.05, 0) is 38.6 Å². The van der Waals surface area contributed by atoms with Gasteiger partial charge in [0.05, 0.1) is 12.5 Å². The molecule has 3 heteroatoms. The Morgan fingerprint density at radius 2 is 2.29 bits per heavy atom. The van der Waals surface area contributed by atoms with Crippen LogP contribution in [0.4, 0.5) is 0 Å². The highest BCUT2D eigenvalue weighted by Gasteiger charge is 2.40. The summed E-state index contributed by atoms with van der Waals surface area (Å²) in [7, 11) is 0. The van der Waals surface area contributed by atoms with Gasteiger partial charge < -0.3 is 10.1 Å². The van der Waals surface area contributed by atoms with Gasteiger partial charge in [0.2, 0.25) is 0 Å². The predicted octanol–water partition coefficient (Wildman–Crippen LogP) is 1.33. The van der Waals surface area contributed by atoms with Crippen molar-refractivity contribution in [1.82, 2.24) is 5.32 Å². The van der Waals surface area contributed by atoms with Crippen LogP contribution >= 0.6 is 0 Å². The molecule has 1 saturated carbocycles. The number of nitrogens with one attached hydrogen (secondary N) is 1. The molecule has 14 heavy (non-hydrogen) atoms. The predicted molar refractivity (Wildman–Crippen MR) is 53.9 cm³/mol. The average molecular weight is 197 g/mol. The number of ether oxygens (including phenoxy) is 1. The molecule has 3 unspecified atom stereocenters. The molecule has 1 N–H and O–H groups in total. The molecule has 2 fully saturated rings. The van der Waals surface area contributed by atoms with Crippen molar-refractivity contribution in [3.8, 4) is 0 Å². The van der Waals surface area contributed by atoms with Gasteiger partial charge >= 0.3 is 5.97 Å². The second-order valence-electron chi connectivity index (χ2n) is 4.30. The Morgan fingerprint density at radius 1 is 1.43 bits per heavy atom. The molecule has 80 valence electrons. The highest BCUT2D eigenvalue weighted by molar-refractivity contribution is 5.73. The minimum atomic E-state index is 0.0332. The first-order valence-electron chi connectivity index (χ1n) is 5.73. The van der Waals surface area contributed by atoms with E-state index in [0.717, 1.165) is 13.0 Å². The van der Waals surface area contributed by atoms with Gasteiger partial charge in [-0.2, -0.15) is 0 Å². The van der Waals surface area contributed by atoms with Crippen molar-refractivity contribution in [2.75, 3.05) is 13.2 Å². The second kappa shape index (κ2) is 4.30. The first-order valence-corrected chi connectivity index (χ1v) is 5.73. The molecule has 1 heterocycles. The third kappa shape index (κ3) is 1.78. The number of carbonyl (C=O) groups excluding carboxylic acids is 1. The summed E-state index contributed by atoms with van der Waals surface area (Å²) in [6.45, 7) is 3.37. The van der Waals surface area contributed by atoms with Crippen molar-refractivity contribution in [2.45, 2.75) is 38.6 Å². The van der Waals surface area contributed by atoms with Crippen LogP contribution in [0.5, 0.6) is 0 Å². The minimum absolute atomic E-state index is 0.0332. The topological polar surface area (TPSA) is 38.3 Å². The summed E-state index contributed by atoms with van der Waals surface area (Å²) in [5, 5.41) is 3.50. The standard InChI is InChI=1S/C11H19NO2/c1-2-14-11(13)9-6-7-12-10-5-3-4-8(9)10/h8-10,12H,2-7H2,1H3. The summed E-state index contributed by atoms with van der Waals surface area (Å²) in [4.78, 5) is 11.7. The van der Waals surface area contributed by atoms with Crippen LogP contribution in [0.15, 0.2) is 0 Å². The summed E-state index contributed by atoms with van der Waals surface area (Å²) >= 11 is 0. The van der Waals surface area contributed by atoms with E-state index in [1.165, 1.54) is 19.3 Å². The highest BCUT2D eigenvalue weighted by Crippen LogP contribution is 2.36. The molecule has 0 aromatic rings. The van der Waals surface area contributed by atoms with Crippen molar-refractivity contribution in [3.05, 3.63) is 0 Å². The van der Waals surface area contributed by atoms with Gasteiger partial charge in [-0.15, -0.1) is 0 Å². The number of hydrogen-bond donors (Lipinski definition) is 1. The second-order valence-corrected chi connectivity index (χ2v) is 4.30. The number of rotatable bonds is 2. The molecule has 2 aliphatic rings. The SMILES string of the molecule is CCOC(=O)C1CCNC2CCCC21. The lowest BCUT2D eigenvalue weighted by Gasteiger charge is -2.33. The van der Waals surface area contributed by atoms with Crippen LogP contribution in [-0.4, -0.2) is 25.2 Å². The van der Waals surface area contributed by atoms with Crippen LogP contribution in [-0.2, 0) is 9.53 Å². The summed E-state index contributed by atoms with van der Waals surface area (Å²) < 4.78 is 5.12. The summed E-state index contributed by atoms with van der Waals surface area (Å²) in [5.74, 6) is 0.748. The molecule has 0 spiro atoms. The number of piperidine rings is 1. The maximum atomic E-state index is 11.7. The van der Waals surface area contributed by atoms with Gasteiger partial charge in [0, 0.05) is 6.04 Å². The Balaban J connectivity index is 1.99. The molecular weight excluding hydrogens is 178 g/mol. The normalized spacial score (nSPS) is 36.5. The van der Waals surface area contributed by atoms with E-state index in [2.05, 4.69) is 5.32 Å². The van der Waals surface area contributed by atoms with E-state index in [1.54, 1.807) is 0 Å². The Hall–Kier alpha value is -0.570. The quantitative estimate of drug-likeness (QED) is 0.679. The molecule has 0 aromatic carbocycles. The lowest BCUT2D eigenvalue weighted by Crippen LogP contribution is -2.45. The van der Waals surface area contributed by atoms with Crippen LogP contribution in [0.1, 0.15) is 32.6 Å². The fourth-order valence-corrected chi connectivity index (χ4v) is 2.90. The van der Waals surface area contributed by atoms with Crippen molar-refractivity contribution >= 4 is 5.97 Å². The van der Waals surface area contributed by atoms with E-state index >= 15 is 0 Å². The molecular formula is C11H19NO2. The average Bonchev–Trinajstić information content (AvgIpc) is 2.65. The van der Waals surface area contributed by atoms with Gasteiger partial charge in [0.1, 0.15) is 0 Å². The molecule has 1 aliphatic carbocycles. The Morgan fingerprint density at radius 3 is 3.07 bits per heavy atom. The fourth-order valence-electron chi connectivity index (χ4n) is 2.90.